The highest BCUT2D eigenvalue weighted by molar-refractivity contribution is 5.46. The fourth-order valence-corrected chi connectivity index (χ4v) is 2.03. The summed E-state index contributed by atoms with van der Waals surface area (Å²) in [4.78, 5) is 4.24. The van der Waals surface area contributed by atoms with Crippen molar-refractivity contribution in [1.82, 2.24) is 4.98 Å². The van der Waals surface area contributed by atoms with Crippen molar-refractivity contribution < 1.29 is 9.47 Å². The Kier molecular flexibility index (Phi) is 4.48. The summed E-state index contributed by atoms with van der Waals surface area (Å²) in [6, 6.07) is 9.58. The molecule has 0 unspecified atom stereocenters. The number of nitrogens with zero attached hydrogens (tertiary/aromatic N) is 1. The Bertz CT molecular complexity index is 601. The normalized spacial score (nSPS) is 11.3. The first-order valence-corrected chi connectivity index (χ1v) is 6.95. The summed E-state index contributed by atoms with van der Waals surface area (Å²) in [5, 5.41) is 0. The molecular formula is C17H22N2O2. The van der Waals surface area contributed by atoms with Crippen LogP contribution in [0.15, 0.2) is 36.5 Å². The van der Waals surface area contributed by atoms with Gasteiger partial charge in [-0.15, -0.1) is 0 Å². The maximum Gasteiger partial charge on any atom is 0.145 e. The molecule has 0 saturated carbocycles. The molecule has 2 rings (SSSR count). The Hall–Kier alpha value is -2.07. The Morgan fingerprint density at radius 2 is 1.81 bits per heavy atom. The lowest BCUT2D eigenvalue weighted by Crippen LogP contribution is -2.12. The number of rotatable bonds is 4. The molecule has 2 aromatic rings. The monoisotopic (exact) mass is 286 g/mol. The summed E-state index contributed by atoms with van der Waals surface area (Å²) in [5.41, 5.74) is 7.43. The molecule has 0 radical (unpaired) electrons. The average molecular weight is 286 g/mol. The molecule has 2 N–H and O–H groups in total. The highest BCUT2D eigenvalue weighted by atomic mass is 16.5. The SMILES string of the molecule is COc1ccc(Oc2ccc(CN)nc2)c(C(C)(C)C)c1. The van der Waals surface area contributed by atoms with Crippen LogP contribution in [0.2, 0.25) is 0 Å². The van der Waals surface area contributed by atoms with Gasteiger partial charge in [-0.2, -0.15) is 0 Å². The van der Waals surface area contributed by atoms with E-state index in [1.165, 1.54) is 0 Å². The smallest absolute Gasteiger partial charge is 0.145 e. The first-order chi connectivity index (χ1) is 9.94. The van der Waals surface area contributed by atoms with E-state index in [0.717, 1.165) is 22.8 Å². The van der Waals surface area contributed by atoms with E-state index in [1.54, 1.807) is 13.3 Å². The second-order valence-corrected chi connectivity index (χ2v) is 5.90. The largest absolute Gasteiger partial charge is 0.497 e. The third-order valence-electron chi connectivity index (χ3n) is 3.23. The number of benzene rings is 1. The van der Waals surface area contributed by atoms with Gasteiger partial charge in [-0.25, -0.2) is 0 Å². The van der Waals surface area contributed by atoms with Crippen LogP contribution in [-0.4, -0.2) is 12.1 Å². The molecule has 0 bridgehead atoms. The van der Waals surface area contributed by atoms with Crippen molar-refractivity contribution in [3.63, 3.8) is 0 Å². The molecule has 4 nitrogen and oxygen atoms in total. The van der Waals surface area contributed by atoms with Gasteiger partial charge in [0.05, 0.1) is 19.0 Å². The first kappa shape index (κ1) is 15.3. The number of hydrogen-bond acceptors (Lipinski definition) is 4. The second-order valence-electron chi connectivity index (χ2n) is 5.90. The summed E-state index contributed by atoms with van der Waals surface area (Å²) in [7, 11) is 1.66. The van der Waals surface area contributed by atoms with Crippen molar-refractivity contribution in [2.45, 2.75) is 32.7 Å². The van der Waals surface area contributed by atoms with Gasteiger partial charge in [0.1, 0.15) is 17.2 Å². The lowest BCUT2D eigenvalue weighted by Gasteiger charge is -2.23. The third kappa shape index (κ3) is 3.73. The van der Waals surface area contributed by atoms with Gasteiger partial charge in [0, 0.05) is 12.1 Å². The molecule has 0 atom stereocenters. The van der Waals surface area contributed by atoms with E-state index in [1.807, 2.05) is 30.3 Å². The van der Waals surface area contributed by atoms with Gasteiger partial charge in [0.25, 0.3) is 0 Å². The third-order valence-corrected chi connectivity index (χ3v) is 3.23. The van der Waals surface area contributed by atoms with Crippen molar-refractivity contribution in [3.05, 3.63) is 47.8 Å². The lowest BCUT2D eigenvalue weighted by atomic mass is 9.86. The highest BCUT2D eigenvalue weighted by Crippen LogP contribution is 2.36. The second kappa shape index (κ2) is 6.14. The van der Waals surface area contributed by atoms with Crippen LogP contribution in [0.4, 0.5) is 0 Å². The van der Waals surface area contributed by atoms with Crippen LogP contribution in [0.3, 0.4) is 0 Å². The van der Waals surface area contributed by atoms with Gasteiger partial charge in [-0.1, -0.05) is 20.8 Å². The Morgan fingerprint density at radius 3 is 2.33 bits per heavy atom. The maximum atomic E-state index is 5.98. The molecule has 0 aliphatic carbocycles. The van der Waals surface area contributed by atoms with Crippen molar-refractivity contribution in [2.75, 3.05) is 7.11 Å². The van der Waals surface area contributed by atoms with Crippen molar-refractivity contribution >= 4 is 0 Å². The molecule has 0 aliphatic heterocycles. The molecule has 1 aromatic heterocycles. The van der Waals surface area contributed by atoms with Gasteiger partial charge in [0.2, 0.25) is 0 Å². The number of ether oxygens (including phenoxy) is 2. The Morgan fingerprint density at radius 1 is 1.10 bits per heavy atom. The highest BCUT2D eigenvalue weighted by Gasteiger charge is 2.20. The van der Waals surface area contributed by atoms with E-state index in [2.05, 4.69) is 25.8 Å². The van der Waals surface area contributed by atoms with Crippen LogP contribution in [0, 0.1) is 0 Å². The number of methoxy groups -OCH3 is 1. The topological polar surface area (TPSA) is 57.4 Å². The first-order valence-electron chi connectivity index (χ1n) is 6.95. The maximum absolute atomic E-state index is 5.98. The average Bonchev–Trinajstić information content (AvgIpc) is 2.47. The van der Waals surface area contributed by atoms with Gasteiger partial charge >= 0.3 is 0 Å². The quantitative estimate of drug-likeness (QED) is 0.932. The standard InChI is InChI=1S/C17H22N2O2/c1-17(2,3)15-9-13(20-4)7-8-16(15)21-14-6-5-12(10-18)19-11-14/h5-9,11H,10,18H2,1-4H3. The Balaban J connectivity index is 2.34. The molecule has 0 amide bonds. The van der Waals surface area contributed by atoms with Crippen molar-refractivity contribution in [2.24, 2.45) is 5.73 Å². The van der Waals surface area contributed by atoms with Crippen LogP contribution in [-0.2, 0) is 12.0 Å². The zero-order valence-electron chi connectivity index (χ0n) is 13.0. The number of aromatic nitrogens is 1. The molecular weight excluding hydrogens is 264 g/mol. The van der Waals surface area contributed by atoms with Gasteiger partial charge in [-0.3, -0.25) is 4.98 Å². The Labute approximate surface area is 125 Å². The summed E-state index contributed by atoms with van der Waals surface area (Å²) in [6.07, 6.45) is 1.69. The van der Waals surface area contributed by atoms with Crippen LogP contribution < -0.4 is 15.2 Å². The summed E-state index contributed by atoms with van der Waals surface area (Å²) < 4.78 is 11.3. The molecule has 4 heteroatoms. The van der Waals surface area contributed by atoms with E-state index in [-0.39, 0.29) is 5.41 Å². The molecule has 0 aliphatic rings. The minimum Gasteiger partial charge on any atom is -0.497 e. The molecule has 0 fully saturated rings. The predicted molar refractivity (Wildman–Crippen MR) is 83.9 cm³/mol. The molecule has 1 aromatic carbocycles. The molecule has 0 spiro atoms. The van der Waals surface area contributed by atoms with E-state index in [9.17, 15) is 0 Å². The van der Waals surface area contributed by atoms with Crippen LogP contribution in [0.5, 0.6) is 17.2 Å². The molecule has 1 heterocycles. The van der Waals surface area contributed by atoms with E-state index < -0.39 is 0 Å². The minimum absolute atomic E-state index is 0.0471. The lowest BCUT2D eigenvalue weighted by molar-refractivity contribution is 0.407. The summed E-state index contributed by atoms with van der Waals surface area (Å²) in [6.45, 7) is 6.86. The zero-order chi connectivity index (χ0) is 15.5. The zero-order valence-corrected chi connectivity index (χ0v) is 13.0. The van der Waals surface area contributed by atoms with E-state index in [0.29, 0.717) is 12.3 Å². The molecule has 21 heavy (non-hydrogen) atoms. The van der Waals surface area contributed by atoms with Crippen LogP contribution in [0.25, 0.3) is 0 Å². The van der Waals surface area contributed by atoms with Crippen molar-refractivity contribution in [3.8, 4) is 17.2 Å². The summed E-state index contributed by atoms with van der Waals surface area (Å²) >= 11 is 0. The van der Waals surface area contributed by atoms with Crippen LogP contribution >= 0.6 is 0 Å². The van der Waals surface area contributed by atoms with E-state index >= 15 is 0 Å². The number of pyridine rings is 1. The summed E-state index contributed by atoms with van der Waals surface area (Å²) in [5.74, 6) is 2.33. The van der Waals surface area contributed by atoms with Crippen LogP contribution in [0.1, 0.15) is 32.0 Å². The fourth-order valence-electron chi connectivity index (χ4n) is 2.03. The minimum atomic E-state index is -0.0471. The van der Waals surface area contributed by atoms with Crippen molar-refractivity contribution in [1.29, 1.82) is 0 Å². The van der Waals surface area contributed by atoms with Gasteiger partial charge < -0.3 is 15.2 Å². The molecule has 112 valence electrons. The fraction of sp³-hybridized carbons (Fsp3) is 0.353. The van der Waals surface area contributed by atoms with E-state index in [4.69, 9.17) is 15.2 Å². The van der Waals surface area contributed by atoms with Gasteiger partial charge in [-0.05, 0) is 35.7 Å². The molecule has 0 saturated heterocycles. The predicted octanol–water partition coefficient (Wildman–Crippen LogP) is 3.64. The number of nitrogens with two attached hydrogens (primary N) is 1. The van der Waals surface area contributed by atoms with Gasteiger partial charge in [0.15, 0.2) is 0 Å². The number of hydrogen-bond donors (Lipinski definition) is 1.